The lowest BCUT2D eigenvalue weighted by molar-refractivity contribution is 0.197. The fourth-order valence-corrected chi connectivity index (χ4v) is 3.61. The molecular weight excluding hydrogens is 228 g/mol. The van der Waals surface area contributed by atoms with E-state index < -0.39 is 0 Å². The van der Waals surface area contributed by atoms with E-state index in [1.165, 1.54) is 83.5 Å². The van der Waals surface area contributed by atoms with Gasteiger partial charge in [0.1, 0.15) is 0 Å². The van der Waals surface area contributed by atoms with Crippen LogP contribution in [0.4, 0.5) is 0 Å². The molecule has 0 unspecified atom stereocenters. The summed E-state index contributed by atoms with van der Waals surface area (Å²) in [5, 5.41) is 0. The Morgan fingerprint density at radius 3 is 2.00 bits per heavy atom. The first-order valence-corrected chi connectivity index (χ1v) is 8.42. The molecule has 0 saturated heterocycles. The summed E-state index contributed by atoms with van der Waals surface area (Å²) in [6.45, 7) is 2.29. The summed E-state index contributed by atoms with van der Waals surface area (Å²) in [5.41, 5.74) is 0.531. The van der Waals surface area contributed by atoms with Gasteiger partial charge in [-0.05, 0) is 24.7 Å². The van der Waals surface area contributed by atoms with E-state index in [9.17, 15) is 0 Å². The zero-order valence-corrected chi connectivity index (χ0v) is 12.5. The highest BCUT2D eigenvalue weighted by molar-refractivity contribution is 6.18. The SMILES string of the molecule is CCCCCCCCCC1(CCl)CCCCC1. The number of hydrogen-bond acceptors (Lipinski definition) is 0. The van der Waals surface area contributed by atoms with Crippen molar-refractivity contribution in [2.75, 3.05) is 5.88 Å². The van der Waals surface area contributed by atoms with Crippen molar-refractivity contribution in [3.05, 3.63) is 0 Å². The summed E-state index contributed by atoms with van der Waals surface area (Å²) in [7, 11) is 0. The summed E-state index contributed by atoms with van der Waals surface area (Å²) in [6.07, 6.45) is 18.4. The van der Waals surface area contributed by atoms with E-state index in [0.717, 1.165) is 5.88 Å². The molecule has 0 aromatic rings. The zero-order valence-electron chi connectivity index (χ0n) is 11.8. The molecule has 1 heteroatoms. The molecule has 0 N–H and O–H groups in total. The number of hydrogen-bond donors (Lipinski definition) is 0. The van der Waals surface area contributed by atoms with Crippen molar-refractivity contribution in [3.63, 3.8) is 0 Å². The third-order valence-corrected chi connectivity index (χ3v) is 5.08. The predicted molar refractivity (Wildman–Crippen MR) is 78.8 cm³/mol. The van der Waals surface area contributed by atoms with E-state index >= 15 is 0 Å². The van der Waals surface area contributed by atoms with E-state index in [1.54, 1.807) is 0 Å². The van der Waals surface area contributed by atoms with Crippen molar-refractivity contribution in [3.8, 4) is 0 Å². The Kier molecular flexibility index (Phi) is 8.35. The highest BCUT2D eigenvalue weighted by Crippen LogP contribution is 2.41. The van der Waals surface area contributed by atoms with Crippen LogP contribution >= 0.6 is 11.6 Å². The maximum absolute atomic E-state index is 6.22. The Morgan fingerprint density at radius 2 is 1.41 bits per heavy atom. The van der Waals surface area contributed by atoms with Gasteiger partial charge in [0, 0.05) is 5.88 Å². The second kappa shape index (κ2) is 9.25. The van der Waals surface area contributed by atoms with Gasteiger partial charge in [-0.15, -0.1) is 11.6 Å². The van der Waals surface area contributed by atoms with E-state index in [-0.39, 0.29) is 0 Å². The molecule has 0 heterocycles. The summed E-state index contributed by atoms with van der Waals surface area (Å²) in [5.74, 6) is 0.906. The lowest BCUT2D eigenvalue weighted by Crippen LogP contribution is -2.25. The molecule has 0 aromatic carbocycles. The quantitative estimate of drug-likeness (QED) is 0.335. The largest absolute Gasteiger partial charge is 0.126 e. The van der Waals surface area contributed by atoms with Crippen molar-refractivity contribution in [1.29, 1.82) is 0 Å². The van der Waals surface area contributed by atoms with Gasteiger partial charge in [-0.2, -0.15) is 0 Å². The van der Waals surface area contributed by atoms with E-state index in [0.29, 0.717) is 5.41 Å². The van der Waals surface area contributed by atoms with Crippen molar-refractivity contribution >= 4 is 11.6 Å². The standard InChI is InChI=1S/C16H31Cl/c1-2-3-4-5-6-7-9-12-16(15-17)13-10-8-11-14-16/h2-15H2,1H3. The molecule has 17 heavy (non-hydrogen) atoms. The van der Waals surface area contributed by atoms with E-state index in [1.807, 2.05) is 0 Å². The van der Waals surface area contributed by atoms with Gasteiger partial charge < -0.3 is 0 Å². The van der Waals surface area contributed by atoms with Crippen molar-refractivity contribution in [2.45, 2.75) is 90.4 Å². The van der Waals surface area contributed by atoms with Crippen LogP contribution < -0.4 is 0 Å². The molecule has 0 amide bonds. The van der Waals surface area contributed by atoms with E-state index in [2.05, 4.69) is 6.92 Å². The summed E-state index contributed by atoms with van der Waals surface area (Å²) in [4.78, 5) is 0. The van der Waals surface area contributed by atoms with Gasteiger partial charge in [-0.25, -0.2) is 0 Å². The van der Waals surface area contributed by atoms with Gasteiger partial charge in [0.25, 0.3) is 0 Å². The van der Waals surface area contributed by atoms with Crippen LogP contribution in [0.3, 0.4) is 0 Å². The lowest BCUT2D eigenvalue weighted by atomic mass is 9.72. The Morgan fingerprint density at radius 1 is 0.824 bits per heavy atom. The predicted octanol–water partition coefficient (Wildman–Crippen LogP) is 6.32. The molecule has 0 spiro atoms. The minimum atomic E-state index is 0.531. The van der Waals surface area contributed by atoms with Gasteiger partial charge in [0.05, 0.1) is 0 Å². The summed E-state index contributed by atoms with van der Waals surface area (Å²) >= 11 is 6.22. The normalized spacial score (nSPS) is 19.4. The molecule has 1 saturated carbocycles. The number of unbranched alkanes of at least 4 members (excludes halogenated alkanes) is 6. The topological polar surface area (TPSA) is 0 Å². The monoisotopic (exact) mass is 258 g/mol. The van der Waals surface area contributed by atoms with Gasteiger partial charge in [0.2, 0.25) is 0 Å². The Labute approximate surface area is 114 Å². The molecule has 1 aliphatic rings. The van der Waals surface area contributed by atoms with Crippen molar-refractivity contribution in [1.82, 2.24) is 0 Å². The van der Waals surface area contributed by atoms with Crippen LogP contribution in [0.25, 0.3) is 0 Å². The van der Waals surface area contributed by atoms with Gasteiger partial charge >= 0.3 is 0 Å². The Hall–Kier alpha value is 0.290. The molecule has 1 aliphatic carbocycles. The van der Waals surface area contributed by atoms with Crippen LogP contribution in [0.15, 0.2) is 0 Å². The maximum Gasteiger partial charge on any atom is 0.0279 e. The van der Waals surface area contributed by atoms with Crippen molar-refractivity contribution < 1.29 is 0 Å². The molecular formula is C16H31Cl. The minimum Gasteiger partial charge on any atom is -0.126 e. The van der Waals surface area contributed by atoms with Crippen LogP contribution in [-0.4, -0.2) is 5.88 Å². The zero-order chi connectivity index (χ0) is 12.4. The van der Waals surface area contributed by atoms with Crippen LogP contribution in [-0.2, 0) is 0 Å². The summed E-state index contributed by atoms with van der Waals surface area (Å²) in [6, 6.07) is 0. The van der Waals surface area contributed by atoms with Gasteiger partial charge in [-0.1, -0.05) is 71.1 Å². The first-order chi connectivity index (χ1) is 8.33. The van der Waals surface area contributed by atoms with Crippen molar-refractivity contribution in [2.24, 2.45) is 5.41 Å². The van der Waals surface area contributed by atoms with Crippen LogP contribution in [0.1, 0.15) is 90.4 Å². The average molecular weight is 259 g/mol. The fraction of sp³-hybridized carbons (Fsp3) is 1.00. The highest BCUT2D eigenvalue weighted by Gasteiger charge is 2.30. The Bertz CT molecular complexity index is 170. The molecule has 102 valence electrons. The first kappa shape index (κ1) is 15.3. The molecule has 0 aromatic heterocycles. The molecule has 1 rings (SSSR count). The molecule has 0 atom stereocenters. The molecule has 0 nitrogen and oxygen atoms in total. The molecule has 1 fully saturated rings. The second-order valence-electron chi connectivity index (χ2n) is 6.07. The van der Waals surface area contributed by atoms with Crippen LogP contribution in [0.2, 0.25) is 0 Å². The molecule has 0 aliphatic heterocycles. The first-order valence-electron chi connectivity index (χ1n) is 7.89. The number of alkyl halides is 1. The minimum absolute atomic E-state index is 0.531. The van der Waals surface area contributed by atoms with E-state index in [4.69, 9.17) is 11.6 Å². The molecule has 0 radical (unpaired) electrons. The van der Waals surface area contributed by atoms with Gasteiger partial charge in [-0.3, -0.25) is 0 Å². The fourth-order valence-electron chi connectivity index (χ4n) is 3.21. The third kappa shape index (κ3) is 6.13. The average Bonchev–Trinajstić information content (AvgIpc) is 2.39. The van der Waals surface area contributed by atoms with Crippen LogP contribution in [0, 0.1) is 5.41 Å². The van der Waals surface area contributed by atoms with Gasteiger partial charge in [0.15, 0.2) is 0 Å². The Balaban J connectivity index is 2.03. The smallest absolute Gasteiger partial charge is 0.0279 e. The maximum atomic E-state index is 6.22. The third-order valence-electron chi connectivity index (χ3n) is 4.51. The number of rotatable bonds is 9. The lowest BCUT2D eigenvalue weighted by Gasteiger charge is -2.35. The number of halogens is 1. The summed E-state index contributed by atoms with van der Waals surface area (Å²) < 4.78 is 0. The highest BCUT2D eigenvalue weighted by atomic mass is 35.5. The second-order valence-corrected chi connectivity index (χ2v) is 6.33. The molecule has 0 bridgehead atoms. The van der Waals surface area contributed by atoms with Crippen LogP contribution in [0.5, 0.6) is 0 Å².